The van der Waals surface area contributed by atoms with Crippen LogP contribution in [0.5, 0.6) is 0 Å². The second kappa shape index (κ2) is 4.96. The van der Waals surface area contributed by atoms with Crippen LogP contribution in [0.1, 0.15) is 12.8 Å². The van der Waals surface area contributed by atoms with Gasteiger partial charge in [-0.15, -0.1) is 0 Å². The Hall–Kier alpha value is -0.580. The van der Waals surface area contributed by atoms with Crippen LogP contribution in [-0.4, -0.2) is 39.8 Å². The predicted molar refractivity (Wildman–Crippen MR) is 61.2 cm³/mol. The molecule has 4 heteroatoms. The Bertz CT molecular complexity index is 299. The van der Waals surface area contributed by atoms with Crippen molar-refractivity contribution in [2.24, 2.45) is 0 Å². The first-order valence-corrected chi connectivity index (χ1v) is 6.49. The summed E-state index contributed by atoms with van der Waals surface area (Å²) in [6, 6.07) is 5.61. The van der Waals surface area contributed by atoms with Crippen LogP contribution in [0.3, 0.4) is 0 Å². The van der Waals surface area contributed by atoms with E-state index >= 15 is 0 Å². The molecule has 3 nitrogen and oxygen atoms in total. The summed E-state index contributed by atoms with van der Waals surface area (Å²) in [5, 5.41) is 1.02. The highest BCUT2D eigenvalue weighted by molar-refractivity contribution is 7.92. The summed E-state index contributed by atoms with van der Waals surface area (Å²) in [4.78, 5) is 6.44. The van der Waals surface area contributed by atoms with Gasteiger partial charge >= 0.3 is 0 Å². The Morgan fingerprint density at radius 1 is 1.40 bits per heavy atom. The summed E-state index contributed by atoms with van der Waals surface area (Å²) < 4.78 is 12.1. The van der Waals surface area contributed by atoms with Gasteiger partial charge in [0.25, 0.3) is 0 Å². The van der Waals surface area contributed by atoms with Crippen molar-refractivity contribution in [3.63, 3.8) is 0 Å². The largest absolute Gasteiger partial charge is 0.610 e. The van der Waals surface area contributed by atoms with Crippen molar-refractivity contribution in [1.29, 1.82) is 0 Å². The average Bonchev–Trinajstić information content (AvgIpc) is 2.30. The zero-order valence-electron chi connectivity index (χ0n) is 8.93. The molecule has 82 valence electrons. The van der Waals surface area contributed by atoms with E-state index in [-0.39, 0.29) is 5.25 Å². The molecule has 0 saturated carbocycles. The van der Waals surface area contributed by atoms with Crippen molar-refractivity contribution < 1.29 is 4.55 Å². The molecular weight excluding hydrogens is 208 g/mol. The van der Waals surface area contributed by atoms with Gasteiger partial charge in [0.2, 0.25) is 5.03 Å². The maximum atomic E-state index is 12.1. The van der Waals surface area contributed by atoms with Crippen LogP contribution in [0, 0.1) is 0 Å². The minimum atomic E-state index is -0.923. The van der Waals surface area contributed by atoms with Crippen molar-refractivity contribution in [2.45, 2.75) is 23.1 Å². The Morgan fingerprint density at radius 2 is 2.13 bits per heavy atom. The van der Waals surface area contributed by atoms with Crippen LogP contribution >= 0.6 is 0 Å². The van der Waals surface area contributed by atoms with Crippen LogP contribution in [0.4, 0.5) is 0 Å². The molecule has 15 heavy (non-hydrogen) atoms. The summed E-state index contributed by atoms with van der Waals surface area (Å²) in [5.74, 6) is 0. The molecule has 1 aliphatic rings. The van der Waals surface area contributed by atoms with E-state index in [1.165, 1.54) is 0 Å². The molecule has 1 aromatic rings. The van der Waals surface area contributed by atoms with Crippen LogP contribution in [-0.2, 0) is 11.2 Å². The van der Waals surface area contributed by atoms with Crippen molar-refractivity contribution >= 4 is 11.2 Å². The molecule has 0 amide bonds. The highest BCUT2D eigenvalue weighted by atomic mass is 32.2. The summed E-state index contributed by atoms with van der Waals surface area (Å²) >= 11 is -0.923. The van der Waals surface area contributed by atoms with Gasteiger partial charge in [0.15, 0.2) is 0 Å². The first-order valence-electron chi connectivity index (χ1n) is 5.27. The average molecular weight is 224 g/mol. The summed E-state index contributed by atoms with van der Waals surface area (Å²) in [6.07, 6.45) is 3.74. The van der Waals surface area contributed by atoms with Crippen molar-refractivity contribution in [2.75, 3.05) is 20.1 Å². The zero-order chi connectivity index (χ0) is 10.7. The van der Waals surface area contributed by atoms with Crippen LogP contribution in [0.2, 0.25) is 0 Å². The van der Waals surface area contributed by atoms with Crippen molar-refractivity contribution in [1.82, 2.24) is 9.88 Å². The number of pyridine rings is 1. The number of hydrogen-bond acceptors (Lipinski definition) is 3. The van der Waals surface area contributed by atoms with Gasteiger partial charge in [-0.3, -0.25) is 0 Å². The van der Waals surface area contributed by atoms with Gasteiger partial charge in [-0.25, -0.2) is 4.98 Å². The second-order valence-corrected chi connectivity index (χ2v) is 5.65. The number of hydrogen-bond donors (Lipinski definition) is 0. The molecule has 1 unspecified atom stereocenters. The molecule has 0 radical (unpaired) electrons. The molecule has 2 heterocycles. The molecule has 0 bridgehead atoms. The van der Waals surface area contributed by atoms with E-state index in [9.17, 15) is 4.55 Å². The fraction of sp³-hybridized carbons (Fsp3) is 0.545. The first-order chi connectivity index (χ1) is 7.27. The standard InChI is InChI=1S/C11H16N2OS/c1-13-8-5-10(6-9-13)15(14)11-4-2-3-7-12-11/h2-4,7,10H,5-6,8-9H2,1H3. The van der Waals surface area contributed by atoms with Crippen molar-refractivity contribution in [3.05, 3.63) is 24.4 Å². The smallest absolute Gasteiger partial charge is 0.244 e. The summed E-state index contributed by atoms with van der Waals surface area (Å²) in [6.45, 7) is 2.09. The third kappa shape index (κ3) is 2.71. The number of likely N-dealkylation sites (tertiary alicyclic amines) is 1. The molecule has 1 fully saturated rings. The van der Waals surface area contributed by atoms with E-state index in [4.69, 9.17) is 0 Å². The lowest BCUT2D eigenvalue weighted by Gasteiger charge is -2.29. The van der Waals surface area contributed by atoms with Gasteiger partial charge in [0.1, 0.15) is 5.25 Å². The van der Waals surface area contributed by atoms with Crippen LogP contribution in [0.25, 0.3) is 0 Å². The maximum Gasteiger partial charge on any atom is 0.244 e. The third-order valence-electron chi connectivity index (χ3n) is 2.81. The normalized spacial score (nSPS) is 21.5. The quantitative estimate of drug-likeness (QED) is 0.710. The van der Waals surface area contributed by atoms with Gasteiger partial charge in [0.05, 0.1) is 0 Å². The number of piperidine rings is 1. The van der Waals surface area contributed by atoms with Gasteiger partial charge in [-0.2, -0.15) is 0 Å². The molecule has 0 spiro atoms. The third-order valence-corrected chi connectivity index (χ3v) is 4.54. The van der Waals surface area contributed by atoms with E-state index in [0.29, 0.717) is 0 Å². The Balaban J connectivity index is 1.99. The monoisotopic (exact) mass is 224 g/mol. The van der Waals surface area contributed by atoms with Crippen LogP contribution < -0.4 is 0 Å². The fourth-order valence-electron chi connectivity index (χ4n) is 1.84. The van der Waals surface area contributed by atoms with E-state index in [1.54, 1.807) is 6.20 Å². The Morgan fingerprint density at radius 3 is 2.73 bits per heavy atom. The van der Waals surface area contributed by atoms with E-state index in [2.05, 4.69) is 16.9 Å². The Kier molecular flexibility index (Phi) is 3.61. The second-order valence-electron chi connectivity index (χ2n) is 3.97. The minimum absolute atomic E-state index is 0.288. The molecule has 0 N–H and O–H groups in total. The van der Waals surface area contributed by atoms with Gasteiger partial charge in [0, 0.05) is 49.4 Å². The van der Waals surface area contributed by atoms with E-state index in [0.717, 1.165) is 31.0 Å². The summed E-state index contributed by atoms with van der Waals surface area (Å²) in [5.41, 5.74) is 0. The molecule has 0 aromatic carbocycles. The zero-order valence-corrected chi connectivity index (χ0v) is 9.74. The lowest BCUT2D eigenvalue weighted by Crippen LogP contribution is -2.37. The lowest BCUT2D eigenvalue weighted by atomic mass is 10.1. The predicted octanol–water partition coefficient (Wildman–Crippen LogP) is 1.28. The molecular formula is C11H16N2OS. The highest BCUT2D eigenvalue weighted by Crippen LogP contribution is 2.22. The molecule has 1 atom stereocenters. The fourth-order valence-corrected chi connectivity index (χ4v) is 3.19. The number of aromatic nitrogens is 1. The summed E-state index contributed by atoms with van der Waals surface area (Å²) in [7, 11) is 2.11. The first kappa shape index (κ1) is 10.9. The van der Waals surface area contributed by atoms with Crippen LogP contribution in [0.15, 0.2) is 29.4 Å². The maximum absolute atomic E-state index is 12.1. The number of nitrogens with zero attached hydrogens (tertiary/aromatic N) is 2. The van der Waals surface area contributed by atoms with E-state index < -0.39 is 11.2 Å². The molecule has 0 aliphatic carbocycles. The SMILES string of the molecule is CN1CCC([S+]([O-])c2ccccn2)CC1. The van der Waals surface area contributed by atoms with Crippen molar-refractivity contribution in [3.8, 4) is 0 Å². The number of rotatable bonds is 2. The molecule has 2 rings (SSSR count). The van der Waals surface area contributed by atoms with Gasteiger partial charge in [-0.05, 0) is 13.1 Å². The Labute approximate surface area is 93.7 Å². The topological polar surface area (TPSA) is 39.2 Å². The molecule has 1 aliphatic heterocycles. The minimum Gasteiger partial charge on any atom is -0.610 e. The van der Waals surface area contributed by atoms with Gasteiger partial charge < -0.3 is 9.45 Å². The molecule has 1 aromatic heterocycles. The molecule has 1 saturated heterocycles. The lowest BCUT2D eigenvalue weighted by molar-refractivity contribution is 0.277. The van der Waals surface area contributed by atoms with E-state index in [1.807, 2.05) is 18.2 Å². The van der Waals surface area contributed by atoms with Gasteiger partial charge in [-0.1, -0.05) is 6.07 Å². The highest BCUT2D eigenvalue weighted by Gasteiger charge is 2.29.